The van der Waals surface area contributed by atoms with Crippen LogP contribution in [0.5, 0.6) is 0 Å². The molecule has 0 aliphatic heterocycles. The molecule has 2 aromatic rings. The molecule has 0 atom stereocenters. The first-order valence-corrected chi connectivity index (χ1v) is 6.08. The first-order valence-electron chi connectivity index (χ1n) is 5.70. The number of hydrogen-bond acceptors (Lipinski definition) is 4. The molecule has 0 bridgehead atoms. The summed E-state index contributed by atoms with van der Waals surface area (Å²) in [7, 11) is 0. The van der Waals surface area contributed by atoms with Crippen molar-refractivity contribution in [3.8, 4) is 0 Å². The van der Waals surface area contributed by atoms with Gasteiger partial charge in [0, 0.05) is 12.4 Å². The van der Waals surface area contributed by atoms with Crippen LogP contribution in [0.3, 0.4) is 0 Å². The molecule has 0 unspecified atom stereocenters. The Labute approximate surface area is 118 Å². The maximum Gasteiger partial charge on any atom is 0.343 e. The van der Waals surface area contributed by atoms with Crippen LogP contribution >= 0.6 is 11.6 Å². The Morgan fingerprint density at radius 2 is 2.35 bits per heavy atom. The van der Waals surface area contributed by atoms with E-state index in [2.05, 4.69) is 11.6 Å². The number of nitrogens with zero attached hydrogens (tertiary/aromatic N) is 2. The summed E-state index contributed by atoms with van der Waals surface area (Å²) >= 11 is 5.59. The molecule has 20 heavy (non-hydrogen) atoms. The smallest absolute Gasteiger partial charge is 0.343 e. The summed E-state index contributed by atoms with van der Waals surface area (Å²) in [6.07, 6.45) is 2.56. The molecular formula is C13H10ClFN2O3. The quantitative estimate of drug-likeness (QED) is 0.645. The average Bonchev–Trinajstić information content (AvgIpc) is 2.42. The third kappa shape index (κ3) is 2.30. The number of hydrogen-bond donors (Lipinski definition) is 0. The van der Waals surface area contributed by atoms with Gasteiger partial charge in [0.25, 0.3) is 0 Å². The Balaban J connectivity index is 2.85. The number of esters is 1. The van der Waals surface area contributed by atoms with Crippen LogP contribution in [0.15, 0.2) is 23.6 Å². The number of rotatable bonds is 3. The Morgan fingerprint density at radius 1 is 1.65 bits per heavy atom. The second kappa shape index (κ2) is 5.42. The van der Waals surface area contributed by atoms with Crippen LogP contribution in [-0.4, -0.2) is 22.1 Å². The molecule has 0 N–H and O–H groups in total. The standard InChI is InChI=1S/C13H10ClFN2O3/c1-3-17-6-8(13(19)20-4-2)10(18)7-5-9(15)11(14)16-12(7)17/h3,5-6H,1,4H2,2H3. The first kappa shape index (κ1) is 14.2. The normalized spacial score (nSPS) is 10.6. The van der Waals surface area contributed by atoms with E-state index in [1.165, 1.54) is 17.0 Å². The molecule has 104 valence electrons. The van der Waals surface area contributed by atoms with Crippen molar-refractivity contribution in [2.24, 2.45) is 0 Å². The summed E-state index contributed by atoms with van der Waals surface area (Å²) in [5, 5.41) is -0.436. The molecule has 0 aromatic carbocycles. The minimum atomic E-state index is -0.840. The van der Waals surface area contributed by atoms with Crippen molar-refractivity contribution in [3.63, 3.8) is 0 Å². The van der Waals surface area contributed by atoms with E-state index in [1.54, 1.807) is 6.92 Å². The lowest BCUT2D eigenvalue weighted by molar-refractivity contribution is 0.0524. The fourth-order valence-electron chi connectivity index (χ4n) is 1.72. The van der Waals surface area contributed by atoms with Crippen LogP contribution in [-0.2, 0) is 4.74 Å². The lowest BCUT2D eigenvalue weighted by atomic mass is 10.2. The number of halogens is 2. The zero-order valence-corrected chi connectivity index (χ0v) is 11.3. The van der Waals surface area contributed by atoms with Crippen LogP contribution in [0.4, 0.5) is 4.39 Å². The van der Waals surface area contributed by atoms with Gasteiger partial charge in [-0.3, -0.25) is 4.79 Å². The van der Waals surface area contributed by atoms with Gasteiger partial charge in [-0.25, -0.2) is 14.2 Å². The molecule has 0 saturated heterocycles. The van der Waals surface area contributed by atoms with Gasteiger partial charge in [-0.1, -0.05) is 18.2 Å². The first-order chi connectivity index (χ1) is 9.49. The second-order valence-corrected chi connectivity index (χ2v) is 4.17. The predicted octanol–water partition coefficient (Wildman–Crippen LogP) is 2.47. The van der Waals surface area contributed by atoms with Crippen molar-refractivity contribution < 1.29 is 13.9 Å². The molecule has 2 aromatic heterocycles. The topological polar surface area (TPSA) is 61.2 Å². The third-order valence-corrected chi connectivity index (χ3v) is 2.87. The van der Waals surface area contributed by atoms with Gasteiger partial charge in [-0.2, -0.15) is 0 Å². The summed E-state index contributed by atoms with van der Waals surface area (Å²) in [5.41, 5.74) is -0.771. The second-order valence-electron chi connectivity index (χ2n) is 3.81. The Morgan fingerprint density at radius 3 is 2.95 bits per heavy atom. The molecule has 0 saturated carbocycles. The summed E-state index contributed by atoms with van der Waals surface area (Å²) in [4.78, 5) is 27.7. The predicted molar refractivity (Wildman–Crippen MR) is 73.3 cm³/mol. The summed E-state index contributed by atoms with van der Waals surface area (Å²) in [6.45, 7) is 5.28. The fraction of sp³-hybridized carbons (Fsp3) is 0.154. The van der Waals surface area contributed by atoms with Crippen molar-refractivity contribution in [2.45, 2.75) is 6.92 Å². The van der Waals surface area contributed by atoms with E-state index in [0.717, 1.165) is 6.07 Å². The molecule has 0 radical (unpaired) electrons. The number of carbonyl (C=O) groups is 1. The lowest BCUT2D eigenvalue weighted by Crippen LogP contribution is -2.20. The summed E-state index contributed by atoms with van der Waals surface area (Å²) < 4.78 is 19.6. The van der Waals surface area contributed by atoms with E-state index in [1.807, 2.05) is 0 Å². The van der Waals surface area contributed by atoms with E-state index >= 15 is 0 Å². The van der Waals surface area contributed by atoms with Crippen LogP contribution in [0.2, 0.25) is 5.15 Å². The van der Waals surface area contributed by atoms with Gasteiger partial charge in [-0.05, 0) is 13.0 Å². The van der Waals surface area contributed by atoms with E-state index in [9.17, 15) is 14.0 Å². The highest BCUT2D eigenvalue weighted by Crippen LogP contribution is 2.18. The molecule has 7 heteroatoms. The SMILES string of the molecule is C=Cn1cc(C(=O)OCC)c(=O)c2cc(F)c(Cl)nc21. The van der Waals surface area contributed by atoms with Crippen molar-refractivity contribution >= 4 is 34.8 Å². The number of pyridine rings is 2. The van der Waals surface area contributed by atoms with Crippen molar-refractivity contribution in [1.82, 2.24) is 9.55 Å². The van der Waals surface area contributed by atoms with Gasteiger partial charge in [-0.15, -0.1) is 0 Å². The van der Waals surface area contributed by atoms with Gasteiger partial charge in [0.05, 0.1) is 12.0 Å². The van der Waals surface area contributed by atoms with Crippen molar-refractivity contribution in [2.75, 3.05) is 6.61 Å². The minimum Gasteiger partial charge on any atom is -0.462 e. The molecule has 2 heterocycles. The molecule has 0 aliphatic rings. The van der Waals surface area contributed by atoms with Gasteiger partial charge in [0.15, 0.2) is 11.0 Å². The van der Waals surface area contributed by atoms with E-state index in [4.69, 9.17) is 16.3 Å². The van der Waals surface area contributed by atoms with E-state index in [-0.39, 0.29) is 28.4 Å². The summed E-state index contributed by atoms with van der Waals surface area (Å²) in [6, 6.07) is 0.940. The molecule has 5 nitrogen and oxygen atoms in total. The van der Waals surface area contributed by atoms with Crippen LogP contribution in [0.1, 0.15) is 17.3 Å². The molecule has 0 spiro atoms. The zero-order valence-electron chi connectivity index (χ0n) is 10.5. The minimum absolute atomic E-state index is 0.0719. The van der Waals surface area contributed by atoms with E-state index < -0.39 is 17.2 Å². The number of ether oxygens (including phenoxy) is 1. The zero-order chi connectivity index (χ0) is 14.9. The Hall–Kier alpha value is -2.21. The van der Waals surface area contributed by atoms with Gasteiger partial charge < -0.3 is 9.30 Å². The van der Waals surface area contributed by atoms with Crippen molar-refractivity contribution in [1.29, 1.82) is 0 Å². The third-order valence-electron chi connectivity index (χ3n) is 2.61. The number of fused-ring (bicyclic) bond motifs is 1. The van der Waals surface area contributed by atoms with Gasteiger partial charge in [0.1, 0.15) is 11.2 Å². The fourth-order valence-corrected chi connectivity index (χ4v) is 1.85. The highest BCUT2D eigenvalue weighted by Gasteiger charge is 2.18. The van der Waals surface area contributed by atoms with Crippen LogP contribution < -0.4 is 5.43 Å². The maximum absolute atomic E-state index is 13.5. The molecular weight excluding hydrogens is 287 g/mol. The molecule has 2 rings (SSSR count). The lowest BCUT2D eigenvalue weighted by Gasteiger charge is -2.08. The van der Waals surface area contributed by atoms with Crippen molar-refractivity contribution in [3.05, 3.63) is 45.6 Å². The summed E-state index contributed by atoms with van der Waals surface area (Å²) in [5.74, 6) is -1.63. The monoisotopic (exact) mass is 296 g/mol. The maximum atomic E-state index is 13.5. The number of carbonyl (C=O) groups excluding carboxylic acids is 1. The van der Waals surface area contributed by atoms with Gasteiger partial charge in [0.2, 0.25) is 5.43 Å². The van der Waals surface area contributed by atoms with Gasteiger partial charge >= 0.3 is 5.97 Å². The Kier molecular flexibility index (Phi) is 3.85. The molecule has 0 fully saturated rings. The number of aromatic nitrogens is 2. The molecule has 0 aliphatic carbocycles. The van der Waals surface area contributed by atoms with E-state index in [0.29, 0.717) is 0 Å². The largest absolute Gasteiger partial charge is 0.462 e. The Bertz CT molecular complexity index is 770. The van der Waals surface area contributed by atoms with Crippen LogP contribution in [0.25, 0.3) is 17.2 Å². The average molecular weight is 297 g/mol. The highest BCUT2D eigenvalue weighted by molar-refractivity contribution is 6.29. The molecule has 0 amide bonds. The highest BCUT2D eigenvalue weighted by atomic mass is 35.5. The van der Waals surface area contributed by atoms with Crippen LogP contribution in [0, 0.1) is 5.82 Å².